The minimum absolute atomic E-state index is 0.682. The average Bonchev–Trinajstić information content (AvgIpc) is 2.73. The Hall–Kier alpha value is -1.20. The Kier molecular flexibility index (Phi) is 4.70. The van der Waals surface area contributed by atoms with Crippen LogP contribution in [0.15, 0.2) is 12.4 Å². The highest BCUT2D eigenvalue weighted by Crippen LogP contribution is 2.29. The number of nitrogens with zero attached hydrogens (tertiary/aromatic N) is 4. The van der Waals surface area contributed by atoms with E-state index in [0.717, 1.165) is 50.2 Å². The molecule has 2 atom stereocenters. The quantitative estimate of drug-likeness (QED) is 0.835. The van der Waals surface area contributed by atoms with Crippen molar-refractivity contribution in [2.45, 2.75) is 51.2 Å². The summed E-state index contributed by atoms with van der Waals surface area (Å²) in [6.45, 7) is 6.22. The van der Waals surface area contributed by atoms with Crippen LogP contribution in [0.4, 0.5) is 5.82 Å². The fraction of sp³-hybridized carbons (Fsp3) is 0.750. The second-order valence-electron chi connectivity index (χ2n) is 6.33. The minimum Gasteiger partial charge on any atom is -0.354 e. The monoisotopic (exact) mass is 289 g/mol. The van der Waals surface area contributed by atoms with Crippen LogP contribution in [0, 0.1) is 0 Å². The van der Waals surface area contributed by atoms with Crippen molar-refractivity contribution in [2.24, 2.45) is 0 Å². The Balaban J connectivity index is 1.67. The molecule has 2 saturated heterocycles. The van der Waals surface area contributed by atoms with Crippen molar-refractivity contribution in [3.8, 4) is 0 Å². The molecule has 0 amide bonds. The molecule has 1 aromatic heterocycles. The smallest absolute Gasteiger partial charge is 0.147 e. The lowest BCUT2D eigenvalue weighted by molar-refractivity contribution is 0.254. The van der Waals surface area contributed by atoms with Crippen molar-refractivity contribution in [3.63, 3.8) is 0 Å². The number of hydrogen-bond donors (Lipinski definition) is 1. The summed E-state index contributed by atoms with van der Waals surface area (Å²) in [7, 11) is 2.28. The van der Waals surface area contributed by atoms with E-state index in [2.05, 4.69) is 34.1 Å². The first-order valence-electron chi connectivity index (χ1n) is 8.26. The predicted octanol–water partition coefficient (Wildman–Crippen LogP) is 1.65. The first kappa shape index (κ1) is 14.7. The molecular weight excluding hydrogens is 262 g/mol. The molecule has 2 aliphatic heterocycles. The summed E-state index contributed by atoms with van der Waals surface area (Å²) < 4.78 is 0. The van der Waals surface area contributed by atoms with Gasteiger partial charge in [0.25, 0.3) is 0 Å². The number of fused-ring (bicyclic) bond motifs is 2. The normalized spacial score (nSPS) is 26.1. The van der Waals surface area contributed by atoms with Crippen molar-refractivity contribution in [3.05, 3.63) is 18.1 Å². The van der Waals surface area contributed by atoms with Crippen LogP contribution in [0.1, 0.15) is 38.3 Å². The lowest BCUT2D eigenvalue weighted by Crippen LogP contribution is -2.37. The number of hydrogen-bond acceptors (Lipinski definition) is 5. The highest BCUT2D eigenvalue weighted by atomic mass is 15.3. The highest BCUT2D eigenvalue weighted by Gasteiger charge is 2.34. The largest absolute Gasteiger partial charge is 0.354 e. The lowest BCUT2D eigenvalue weighted by atomic mass is 10.1. The summed E-state index contributed by atoms with van der Waals surface area (Å²) in [5.41, 5.74) is 1.05. The molecule has 5 nitrogen and oxygen atoms in total. The summed E-state index contributed by atoms with van der Waals surface area (Å²) in [5, 5.41) is 3.40. The van der Waals surface area contributed by atoms with Gasteiger partial charge in [-0.2, -0.15) is 0 Å². The van der Waals surface area contributed by atoms with Crippen molar-refractivity contribution in [1.29, 1.82) is 0 Å². The van der Waals surface area contributed by atoms with Gasteiger partial charge < -0.3 is 10.2 Å². The van der Waals surface area contributed by atoms with Crippen LogP contribution in [0.5, 0.6) is 0 Å². The number of anilines is 1. The molecule has 1 N–H and O–H groups in total. The maximum Gasteiger partial charge on any atom is 0.147 e. The number of nitrogens with one attached hydrogen (secondary N) is 1. The standard InChI is InChI=1S/C16H27N5/c1-3-7-17-9-13-10-18-11-16(19-13)21-8-6-14-4-5-15(12-21)20(14)2/h10-11,14-15,17H,3-9,12H2,1-2H3. The van der Waals surface area contributed by atoms with E-state index in [0.29, 0.717) is 6.04 Å². The topological polar surface area (TPSA) is 44.3 Å². The van der Waals surface area contributed by atoms with E-state index in [1.165, 1.54) is 19.3 Å². The Bertz CT molecular complexity index is 464. The molecule has 2 fully saturated rings. The Morgan fingerprint density at radius 3 is 2.95 bits per heavy atom. The predicted molar refractivity (Wildman–Crippen MR) is 85.4 cm³/mol. The summed E-state index contributed by atoms with van der Waals surface area (Å²) >= 11 is 0. The van der Waals surface area contributed by atoms with E-state index in [1.807, 2.05) is 12.4 Å². The molecule has 0 saturated carbocycles. The van der Waals surface area contributed by atoms with E-state index in [1.54, 1.807) is 0 Å². The summed E-state index contributed by atoms with van der Waals surface area (Å²) in [5.74, 6) is 1.05. The van der Waals surface area contributed by atoms with Crippen LogP contribution in [-0.4, -0.2) is 53.6 Å². The summed E-state index contributed by atoms with van der Waals surface area (Å²) in [4.78, 5) is 14.2. The molecule has 21 heavy (non-hydrogen) atoms. The number of aromatic nitrogens is 2. The third-order valence-corrected chi connectivity index (χ3v) is 4.88. The maximum atomic E-state index is 4.80. The van der Waals surface area contributed by atoms with Gasteiger partial charge in [-0.25, -0.2) is 4.98 Å². The Morgan fingerprint density at radius 2 is 2.10 bits per heavy atom. The zero-order valence-corrected chi connectivity index (χ0v) is 13.3. The van der Waals surface area contributed by atoms with Crippen molar-refractivity contribution in [2.75, 3.05) is 31.6 Å². The SMILES string of the molecule is CCCNCc1cncc(N2CCC3CCC(C2)N3C)n1. The molecule has 0 aliphatic carbocycles. The van der Waals surface area contributed by atoms with Gasteiger partial charge in [0.15, 0.2) is 0 Å². The molecule has 3 heterocycles. The lowest BCUT2D eigenvalue weighted by Gasteiger charge is -2.26. The zero-order valence-electron chi connectivity index (χ0n) is 13.3. The van der Waals surface area contributed by atoms with Gasteiger partial charge in [-0.15, -0.1) is 0 Å². The molecule has 0 spiro atoms. The van der Waals surface area contributed by atoms with E-state index < -0.39 is 0 Å². The first-order valence-corrected chi connectivity index (χ1v) is 8.26. The van der Waals surface area contributed by atoms with E-state index in [9.17, 15) is 0 Å². The van der Waals surface area contributed by atoms with Gasteiger partial charge in [0.2, 0.25) is 0 Å². The third kappa shape index (κ3) is 3.35. The van der Waals surface area contributed by atoms with Crippen molar-refractivity contribution < 1.29 is 0 Å². The molecule has 0 aromatic carbocycles. The van der Waals surface area contributed by atoms with Gasteiger partial charge in [-0.1, -0.05) is 6.92 Å². The van der Waals surface area contributed by atoms with Crippen molar-refractivity contribution in [1.82, 2.24) is 20.2 Å². The fourth-order valence-corrected chi connectivity index (χ4v) is 3.54. The molecular formula is C16H27N5. The number of rotatable bonds is 5. The zero-order chi connectivity index (χ0) is 14.7. The van der Waals surface area contributed by atoms with Crippen LogP contribution in [0.2, 0.25) is 0 Å². The van der Waals surface area contributed by atoms with Gasteiger partial charge in [0, 0.05) is 37.9 Å². The number of likely N-dealkylation sites (N-methyl/N-ethyl adjacent to an activating group) is 1. The van der Waals surface area contributed by atoms with Crippen LogP contribution in [-0.2, 0) is 6.54 Å². The van der Waals surface area contributed by atoms with E-state index in [-0.39, 0.29) is 0 Å². The van der Waals surface area contributed by atoms with Crippen LogP contribution in [0.25, 0.3) is 0 Å². The second-order valence-corrected chi connectivity index (χ2v) is 6.33. The van der Waals surface area contributed by atoms with Gasteiger partial charge in [-0.3, -0.25) is 9.88 Å². The average molecular weight is 289 g/mol. The molecule has 1 aromatic rings. The maximum absolute atomic E-state index is 4.80. The molecule has 0 radical (unpaired) electrons. The van der Waals surface area contributed by atoms with E-state index >= 15 is 0 Å². The molecule has 2 bridgehead atoms. The van der Waals surface area contributed by atoms with Gasteiger partial charge in [0.05, 0.1) is 11.9 Å². The van der Waals surface area contributed by atoms with Gasteiger partial charge in [-0.05, 0) is 39.3 Å². The Morgan fingerprint density at radius 1 is 1.24 bits per heavy atom. The van der Waals surface area contributed by atoms with Crippen LogP contribution in [0.3, 0.4) is 0 Å². The molecule has 5 heteroatoms. The minimum atomic E-state index is 0.682. The molecule has 3 rings (SSSR count). The van der Waals surface area contributed by atoms with Gasteiger partial charge >= 0.3 is 0 Å². The summed E-state index contributed by atoms with van der Waals surface area (Å²) in [6, 6.07) is 1.45. The summed E-state index contributed by atoms with van der Waals surface area (Å²) in [6.07, 6.45) is 8.87. The third-order valence-electron chi connectivity index (χ3n) is 4.88. The van der Waals surface area contributed by atoms with Crippen LogP contribution >= 0.6 is 0 Å². The first-order chi connectivity index (χ1) is 10.3. The molecule has 116 valence electrons. The Labute approximate surface area is 127 Å². The van der Waals surface area contributed by atoms with Gasteiger partial charge in [0.1, 0.15) is 5.82 Å². The molecule has 2 unspecified atom stereocenters. The highest BCUT2D eigenvalue weighted by molar-refractivity contribution is 5.37. The molecule has 2 aliphatic rings. The fourth-order valence-electron chi connectivity index (χ4n) is 3.54. The van der Waals surface area contributed by atoms with E-state index in [4.69, 9.17) is 4.98 Å². The van der Waals surface area contributed by atoms with Crippen LogP contribution < -0.4 is 10.2 Å². The van der Waals surface area contributed by atoms with Crippen molar-refractivity contribution >= 4 is 5.82 Å². The second kappa shape index (κ2) is 6.71.